The van der Waals surface area contributed by atoms with Crippen molar-refractivity contribution in [2.45, 2.75) is 45.6 Å². The highest BCUT2D eigenvalue weighted by atomic mass is 16.5. The van der Waals surface area contributed by atoms with E-state index in [9.17, 15) is 4.79 Å². The van der Waals surface area contributed by atoms with Gasteiger partial charge in [0.1, 0.15) is 5.75 Å². The van der Waals surface area contributed by atoms with Crippen molar-refractivity contribution in [3.63, 3.8) is 0 Å². The molecule has 1 atom stereocenters. The predicted molar refractivity (Wildman–Crippen MR) is 77.9 cm³/mol. The molecule has 1 aromatic carbocycles. The molecule has 0 saturated heterocycles. The predicted octanol–water partition coefficient (Wildman–Crippen LogP) is 3.53. The molecular formula is C16H24O4. The van der Waals surface area contributed by atoms with Crippen molar-refractivity contribution in [3.05, 3.63) is 29.8 Å². The third-order valence-electron chi connectivity index (χ3n) is 3.01. The van der Waals surface area contributed by atoms with E-state index in [4.69, 9.17) is 14.6 Å². The lowest BCUT2D eigenvalue weighted by Gasteiger charge is -2.13. The van der Waals surface area contributed by atoms with E-state index < -0.39 is 0 Å². The molecule has 0 amide bonds. The summed E-state index contributed by atoms with van der Waals surface area (Å²) >= 11 is 0. The minimum atomic E-state index is -0.372. The number of phenols is 1. The summed E-state index contributed by atoms with van der Waals surface area (Å²) in [5.74, 6) is -0.237. The number of ether oxygens (including phenoxy) is 2. The van der Waals surface area contributed by atoms with Gasteiger partial charge in [-0.25, -0.2) is 4.79 Å². The summed E-state index contributed by atoms with van der Waals surface area (Å²) < 4.78 is 10.8. The highest BCUT2D eigenvalue weighted by Gasteiger charge is 2.08. The van der Waals surface area contributed by atoms with Gasteiger partial charge in [-0.1, -0.05) is 19.8 Å². The topological polar surface area (TPSA) is 55.8 Å². The van der Waals surface area contributed by atoms with Crippen molar-refractivity contribution in [2.75, 3.05) is 13.2 Å². The van der Waals surface area contributed by atoms with Crippen LogP contribution < -0.4 is 0 Å². The summed E-state index contributed by atoms with van der Waals surface area (Å²) in [6.07, 6.45) is 4.23. The standard InChI is InChI=1S/C16H24O4/c1-3-4-5-11-19-13(2)10-12-20-16(18)14-6-8-15(17)9-7-14/h6-9,13,17H,3-5,10-12H2,1-2H3. The minimum absolute atomic E-state index is 0.0967. The first-order valence-corrected chi connectivity index (χ1v) is 7.21. The summed E-state index contributed by atoms with van der Waals surface area (Å²) in [4.78, 5) is 11.7. The van der Waals surface area contributed by atoms with Gasteiger partial charge < -0.3 is 14.6 Å². The van der Waals surface area contributed by atoms with E-state index in [0.29, 0.717) is 18.6 Å². The van der Waals surface area contributed by atoms with Gasteiger partial charge in [-0.2, -0.15) is 0 Å². The van der Waals surface area contributed by atoms with Crippen LogP contribution in [0.2, 0.25) is 0 Å². The largest absolute Gasteiger partial charge is 0.508 e. The second-order valence-electron chi connectivity index (χ2n) is 4.86. The van der Waals surface area contributed by atoms with Crippen molar-refractivity contribution in [1.29, 1.82) is 0 Å². The van der Waals surface area contributed by atoms with Crippen LogP contribution in [0.5, 0.6) is 5.75 Å². The molecule has 0 radical (unpaired) electrons. The number of esters is 1. The molecule has 1 N–H and O–H groups in total. The number of benzene rings is 1. The molecule has 4 nitrogen and oxygen atoms in total. The Bertz CT molecular complexity index is 386. The van der Waals surface area contributed by atoms with Crippen LogP contribution in [-0.2, 0) is 9.47 Å². The molecule has 1 unspecified atom stereocenters. The SMILES string of the molecule is CCCCCOC(C)CCOC(=O)c1ccc(O)cc1. The molecule has 1 aromatic rings. The molecular weight excluding hydrogens is 256 g/mol. The van der Waals surface area contributed by atoms with E-state index in [2.05, 4.69) is 6.92 Å². The minimum Gasteiger partial charge on any atom is -0.508 e. The molecule has 0 heterocycles. The third kappa shape index (κ3) is 6.57. The molecule has 0 saturated carbocycles. The molecule has 0 aliphatic heterocycles. The molecule has 0 bridgehead atoms. The smallest absolute Gasteiger partial charge is 0.338 e. The van der Waals surface area contributed by atoms with Crippen LogP contribution >= 0.6 is 0 Å². The highest BCUT2D eigenvalue weighted by Crippen LogP contribution is 2.11. The van der Waals surface area contributed by atoms with E-state index in [1.54, 1.807) is 12.1 Å². The van der Waals surface area contributed by atoms with E-state index in [1.165, 1.54) is 25.0 Å². The van der Waals surface area contributed by atoms with Gasteiger partial charge in [-0.05, 0) is 37.6 Å². The van der Waals surface area contributed by atoms with Gasteiger partial charge in [0, 0.05) is 13.0 Å². The van der Waals surface area contributed by atoms with Gasteiger partial charge in [-0.15, -0.1) is 0 Å². The van der Waals surface area contributed by atoms with E-state index >= 15 is 0 Å². The Morgan fingerprint density at radius 2 is 1.90 bits per heavy atom. The number of aromatic hydroxyl groups is 1. The van der Waals surface area contributed by atoms with Crippen LogP contribution in [0.1, 0.15) is 49.9 Å². The number of carbonyl (C=O) groups excluding carboxylic acids is 1. The maximum atomic E-state index is 11.7. The molecule has 1 rings (SSSR count). The van der Waals surface area contributed by atoms with Crippen molar-refractivity contribution >= 4 is 5.97 Å². The number of hydrogen-bond acceptors (Lipinski definition) is 4. The quantitative estimate of drug-likeness (QED) is 0.555. The Labute approximate surface area is 120 Å². The normalized spacial score (nSPS) is 12.1. The van der Waals surface area contributed by atoms with Crippen LogP contribution in [0.15, 0.2) is 24.3 Å². The molecule has 20 heavy (non-hydrogen) atoms. The second kappa shape index (κ2) is 9.37. The number of phenolic OH excluding ortho intramolecular Hbond substituents is 1. The average molecular weight is 280 g/mol. The molecule has 0 spiro atoms. The zero-order valence-electron chi connectivity index (χ0n) is 12.3. The maximum Gasteiger partial charge on any atom is 0.338 e. The maximum absolute atomic E-state index is 11.7. The van der Waals surface area contributed by atoms with Gasteiger partial charge in [0.2, 0.25) is 0 Å². The third-order valence-corrected chi connectivity index (χ3v) is 3.01. The van der Waals surface area contributed by atoms with Crippen LogP contribution in [0, 0.1) is 0 Å². The number of unbranched alkanes of at least 4 members (excludes halogenated alkanes) is 2. The first-order valence-electron chi connectivity index (χ1n) is 7.21. The second-order valence-corrected chi connectivity index (χ2v) is 4.86. The molecule has 0 aliphatic carbocycles. The first-order chi connectivity index (χ1) is 9.63. The van der Waals surface area contributed by atoms with Crippen LogP contribution in [0.25, 0.3) is 0 Å². The fraction of sp³-hybridized carbons (Fsp3) is 0.562. The Kier molecular flexibility index (Phi) is 7.73. The van der Waals surface area contributed by atoms with Crippen molar-refractivity contribution in [3.8, 4) is 5.75 Å². The number of carbonyl (C=O) groups is 1. The van der Waals surface area contributed by atoms with Crippen LogP contribution in [0.4, 0.5) is 0 Å². The lowest BCUT2D eigenvalue weighted by molar-refractivity contribution is 0.0259. The van der Waals surface area contributed by atoms with E-state index in [1.807, 2.05) is 6.92 Å². The Hall–Kier alpha value is -1.55. The lowest BCUT2D eigenvalue weighted by Crippen LogP contribution is -2.14. The fourth-order valence-electron chi connectivity index (χ4n) is 1.72. The van der Waals surface area contributed by atoms with Crippen molar-refractivity contribution in [1.82, 2.24) is 0 Å². The zero-order valence-corrected chi connectivity index (χ0v) is 12.3. The first kappa shape index (κ1) is 16.5. The van der Waals surface area contributed by atoms with Crippen molar-refractivity contribution in [2.24, 2.45) is 0 Å². The molecule has 0 aromatic heterocycles. The average Bonchev–Trinajstić information content (AvgIpc) is 2.44. The van der Waals surface area contributed by atoms with Gasteiger partial charge in [-0.3, -0.25) is 0 Å². The summed E-state index contributed by atoms with van der Waals surface area (Å²) in [7, 11) is 0. The summed E-state index contributed by atoms with van der Waals surface area (Å²) in [6.45, 7) is 5.25. The molecule has 0 aliphatic rings. The summed E-state index contributed by atoms with van der Waals surface area (Å²) in [5.41, 5.74) is 0.444. The zero-order chi connectivity index (χ0) is 14.8. The van der Waals surface area contributed by atoms with Crippen LogP contribution in [-0.4, -0.2) is 30.4 Å². The van der Waals surface area contributed by atoms with Crippen LogP contribution in [0.3, 0.4) is 0 Å². The molecule has 4 heteroatoms. The fourth-order valence-corrected chi connectivity index (χ4v) is 1.72. The van der Waals surface area contributed by atoms with Gasteiger partial charge in [0.15, 0.2) is 0 Å². The number of rotatable bonds is 9. The lowest BCUT2D eigenvalue weighted by atomic mass is 10.2. The van der Waals surface area contributed by atoms with Gasteiger partial charge in [0.05, 0.1) is 18.3 Å². The Balaban J connectivity index is 2.16. The van der Waals surface area contributed by atoms with E-state index in [0.717, 1.165) is 13.0 Å². The van der Waals surface area contributed by atoms with Gasteiger partial charge >= 0.3 is 5.97 Å². The Morgan fingerprint density at radius 3 is 2.55 bits per heavy atom. The molecule has 0 fully saturated rings. The van der Waals surface area contributed by atoms with E-state index in [-0.39, 0.29) is 17.8 Å². The van der Waals surface area contributed by atoms with Crippen molar-refractivity contribution < 1.29 is 19.4 Å². The summed E-state index contributed by atoms with van der Waals surface area (Å²) in [6, 6.07) is 6.02. The molecule has 112 valence electrons. The number of hydrogen-bond donors (Lipinski definition) is 1. The van der Waals surface area contributed by atoms with Gasteiger partial charge in [0.25, 0.3) is 0 Å². The Morgan fingerprint density at radius 1 is 1.20 bits per heavy atom. The highest BCUT2D eigenvalue weighted by molar-refractivity contribution is 5.89. The monoisotopic (exact) mass is 280 g/mol. The summed E-state index contributed by atoms with van der Waals surface area (Å²) in [5, 5.41) is 9.14.